The molecule has 0 spiro atoms. The number of nitrogens with zero attached hydrogens (tertiary/aromatic N) is 1. The fraction of sp³-hybridized carbons (Fsp3) is 0.178. The predicted octanol–water partition coefficient (Wildman–Crippen LogP) is 10.3. The molecule has 1 unspecified atom stereocenters. The second-order valence-corrected chi connectivity index (χ2v) is 13.5. The molecule has 236 valence electrons. The highest BCUT2D eigenvalue weighted by Gasteiger charge is 2.40. The zero-order valence-electron chi connectivity index (χ0n) is 27.5. The lowest BCUT2D eigenvalue weighted by Gasteiger charge is -2.27. The van der Waals surface area contributed by atoms with Gasteiger partial charge in [0.2, 0.25) is 0 Å². The number of aliphatic hydroxyl groups excluding tert-OH is 1. The molecular weight excluding hydrogens is 587 g/mol. The molecule has 5 aromatic carbocycles. The van der Waals surface area contributed by atoms with Crippen LogP contribution < -0.4 is 4.74 Å². The molecule has 3 nitrogen and oxygen atoms in total. The maximum atomic E-state index is 10.7. The molecule has 48 heavy (non-hydrogen) atoms. The van der Waals surface area contributed by atoms with Crippen molar-refractivity contribution in [3.8, 4) is 16.9 Å². The van der Waals surface area contributed by atoms with Crippen LogP contribution in [0.2, 0.25) is 0 Å². The lowest BCUT2D eigenvalue weighted by atomic mass is 9.80. The van der Waals surface area contributed by atoms with Gasteiger partial charge in [0.1, 0.15) is 11.9 Å². The minimum absolute atomic E-state index is 0.113. The SMILES string of the molecule is C=N/C(=C\Cc1ccc2c3c(ccc2c1)CCC=C3)c1ccccc1-c1cccc2c1/C=C\C1=C(c3ccccc3C1(C)C)C(CO)O2. The van der Waals surface area contributed by atoms with E-state index in [4.69, 9.17) is 4.74 Å². The van der Waals surface area contributed by atoms with Gasteiger partial charge in [0, 0.05) is 22.1 Å². The third kappa shape index (κ3) is 4.98. The molecule has 3 aliphatic rings. The minimum Gasteiger partial charge on any atom is -0.483 e. The van der Waals surface area contributed by atoms with Crippen LogP contribution >= 0.6 is 0 Å². The summed E-state index contributed by atoms with van der Waals surface area (Å²) in [6.45, 7) is 8.39. The van der Waals surface area contributed by atoms with Gasteiger partial charge in [0.25, 0.3) is 0 Å². The lowest BCUT2D eigenvalue weighted by molar-refractivity contribution is 0.156. The molecule has 0 fully saturated rings. The van der Waals surface area contributed by atoms with E-state index in [0.29, 0.717) is 0 Å². The van der Waals surface area contributed by atoms with E-state index in [-0.39, 0.29) is 12.0 Å². The highest BCUT2D eigenvalue weighted by Crippen LogP contribution is 2.50. The number of rotatable bonds is 6. The third-order valence-corrected chi connectivity index (χ3v) is 10.4. The number of benzene rings is 5. The number of hydrogen-bond acceptors (Lipinski definition) is 3. The summed E-state index contributed by atoms with van der Waals surface area (Å²) in [6, 6.07) is 34.4. The summed E-state index contributed by atoms with van der Waals surface area (Å²) < 4.78 is 6.70. The van der Waals surface area contributed by atoms with Crippen molar-refractivity contribution in [1.29, 1.82) is 0 Å². The fourth-order valence-corrected chi connectivity index (χ4v) is 7.94. The molecule has 8 rings (SSSR count). The Morgan fingerprint density at radius 3 is 2.54 bits per heavy atom. The Morgan fingerprint density at radius 1 is 0.875 bits per heavy atom. The van der Waals surface area contributed by atoms with Gasteiger partial charge in [-0.25, -0.2) is 0 Å². The minimum atomic E-state index is -0.481. The zero-order chi connectivity index (χ0) is 32.8. The second-order valence-electron chi connectivity index (χ2n) is 13.5. The van der Waals surface area contributed by atoms with E-state index in [2.05, 4.69) is 141 Å². The normalized spacial score (nSPS) is 18.2. The summed E-state index contributed by atoms with van der Waals surface area (Å²) in [7, 11) is 0. The van der Waals surface area contributed by atoms with Crippen molar-refractivity contribution in [3.05, 3.63) is 160 Å². The quantitative estimate of drug-likeness (QED) is 0.191. The van der Waals surface area contributed by atoms with Gasteiger partial charge < -0.3 is 9.84 Å². The monoisotopic (exact) mass is 625 g/mol. The summed E-state index contributed by atoms with van der Waals surface area (Å²) in [5.41, 5.74) is 13.4. The van der Waals surface area contributed by atoms with Gasteiger partial charge in [-0.1, -0.05) is 135 Å². The first-order chi connectivity index (χ1) is 23.5. The van der Waals surface area contributed by atoms with Gasteiger partial charge in [0.05, 0.1) is 12.3 Å². The number of ether oxygens (including phenoxy) is 1. The first kappa shape index (κ1) is 30.1. The Hall–Kier alpha value is -5.25. The number of aliphatic imine (C=N–C) groups is 1. The van der Waals surface area contributed by atoms with Crippen LogP contribution in [0.25, 0.3) is 45.3 Å². The molecule has 0 amide bonds. The van der Waals surface area contributed by atoms with Crippen molar-refractivity contribution in [1.82, 2.24) is 0 Å². The van der Waals surface area contributed by atoms with Crippen LogP contribution in [0, 0.1) is 0 Å². The van der Waals surface area contributed by atoms with E-state index in [0.717, 1.165) is 64.1 Å². The van der Waals surface area contributed by atoms with E-state index < -0.39 is 6.10 Å². The van der Waals surface area contributed by atoms with Crippen LogP contribution in [-0.2, 0) is 18.3 Å². The van der Waals surface area contributed by atoms with Crippen LogP contribution in [0.15, 0.2) is 126 Å². The Labute approximate surface area is 283 Å². The molecule has 3 heteroatoms. The molecule has 1 heterocycles. The number of fused-ring (bicyclic) bond motifs is 6. The van der Waals surface area contributed by atoms with Crippen LogP contribution in [0.5, 0.6) is 5.75 Å². The van der Waals surface area contributed by atoms with Gasteiger partial charge in [-0.2, -0.15) is 0 Å². The fourth-order valence-electron chi connectivity index (χ4n) is 7.94. The smallest absolute Gasteiger partial charge is 0.148 e. The molecular formula is C45H39NO2. The summed E-state index contributed by atoms with van der Waals surface area (Å²) in [5.74, 6) is 0.747. The number of hydrogen-bond donors (Lipinski definition) is 1. The summed E-state index contributed by atoms with van der Waals surface area (Å²) in [6.07, 6.45) is 13.6. The third-order valence-electron chi connectivity index (χ3n) is 10.4. The topological polar surface area (TPSA) is 41.8 Å². The maximum absolute atomic E-state index is 10.7. The number of aliphatic hydroxyl groups is 1. The molecule has 0 saturated heterocycles. The zero-order valence-corrected chi connectivity index (χ0v) is 27.5. The van der Waals surface area contributed by atoms with Gasteiger partial charge in [0.15, 0.2) is 0 Å². The first-order valence-electron chi connectivity index (χ1n) is 16.9. The van der Waals surface area contributed by atoms with Crippen LogP contribution in [0.3, 0.4) is 0 Å². The molecule has 0 bridgehead atoms. The molecule has 5 aromatic rings. The Balaban J connectivity index is 1.18. The Kier molecular flexibility index (Phi) is 7.58. The average molecular weight is 626 g/mol. The van der Waals surface area contributed by atoms with E-state index in [1.165, 1.54) is 38.6 Å². The van der Waals surface area contributed by atoms with Crippen molar-refractivity contribution in [2.45, 2.75) is 44.6 Å². The summed E-state index contributed by atoms with van der Waals surface area (Å²) in [5, 5.41) is 13.2. The molecule has 1 aliphatic heterocycles. The van der Waals surface area contributed by atoms with E-state index in [9.17, 15) is 5.11 Å². The van der Waals surface area contributed by atoms with Crippen molar-refractivity contribution < 1.29 is 9.84 Å². The molecule has 0 saturated carbocycles. The summed E-state index contributed by atoms with van der Waals surface area (Å²) in [4.78, 5) is 4.55. The number of allylic oxidation sites excluding steroid dienone is 4. The standard InChI is InChI=1S/C45H39NO2/c1-45(2)39-17-9-8-15-38(39)44-40(45)25-24-37-35(16-10-18-42(37)48-43(44)28-47)34-13-6-7-14-36(34)41(46-3)26-20-29-19-23-33-31(27-29)22-21-30-11-4-5-12-32(30)33/h5-10,12-19,21-27,43,47H,3-4,11,20,28H2,1-2H3/b25-24-,41-26-. The largest absolute Gasteiger partial charge is 0.483 e. The van der Waals surface area contributed by atoms with Crippen molar-refractivity contribution in [2.24, 2.45) is 4.99 Å². The second kappa shape index (κ2) is 12.1. The average Bonchev–Trinajstić information content (AvgIpc) is 3.34. The highest BCUT2D eigenvalue weighted by atomic mass is 16.5. The van der Waals surface area contributed by atoms with Crippen molar-refractivity contribution >= 4 is 40.9 Å². The molecule has 0 aromatic heterocycles. The van der Waals surface area contributed by atoms with Crippen LogP contribution in [0.1, 0.15) is 59.2 Å². The lowest BCUT2D eigenvalue weighted by Crippen LogP contribution is -2.25. The maximum Gasteiger partial charge on any atom is 0.148 e. The summed E-state index contributed by atoms with van der Waals surface area (Å²) >= 11 is 0. The molecule has 2 aliphatic carbocycles. The van der Waals surface area contributed by atoms with E-state index >= 15 is 0 Å². The van der Waals surface area contributed by atoms with Gasteiger partial charge >= 0.3 is 0 Å². The van der Waals surface area contributed by atoms with Crippen molar-refractivity contribution in [3.63, 3.8) is 0 Å². The van der Waals surface area contributed by atoms with Crippen molar-refractivity contribution in [2.75, 3.05) is 6.61 Å². The van der Waals surface area contributed by atoms with Crippen LogP contribution in [-0.4, -0.2) is 24.5 Å². The number of aryl methyl sites for hydroxylation is 1. The molecule has 0 radical (unpaired) electrons. The van der Waals surface area contributed by atoms with E-state index in [1.807, 2.05) is 12.1 Å². The van der Waals surface area contributed by atoms with Gasteiger partial charge in [-0.3, -0.25) is 4.99 Å². The first-order valence-corrected chi connectivity index (χ1v) is 16.9. The van der Waals surface area contributed by atoms with Gasteiger partial charge in [-0.15, -0.1) is 0 Å². The predicted molar refractivity (Wildman–Crippen MR) is 201 cm³/mol. The Morgan fingerprint density at radius 2 is 1.69 bits per heavy atom. The molecule has 1 atom stereocenters. The van der Waals surface area contributed by atoms with Crippen LogP contribution in [0.4, 0.5) is 0 Å². The highest BCUT2D eigenvalue weighted by molar-refractivity contribution is 5.94. The molecule has 1 N–H and O–H groups in total. The van der Waals surface area contributed by atoms with Gasteiger partial charge in [-0.05, 0) is 87.3 Å². The van der Waals surface area contributed by atoms with E-state index in [1.54, 1.807) is 0 Å². The Bertz CT molecular complexity index is 2230.